The molecule has 4 aliphatic carbocycles. The lowest BCUT2D eigenvalue weighted by atomic mass is 9.45. The summed E-state index contributed by atoms with van der Waals surface area (Å²) in [5, 5.41) is 11.8. The first-order valence-electron chi connectivity index (χ1n) is 13.0. The van der Waals surface area contributed by atoms with Crippen molar-refractivity contribution in [2.75, 3.05) is 6.61 Å². The van der Waals surface area contributed by atoms with E-state index in [-0.39, 0.29) is 42.8 Å². The van der Waals surface area contributed by atoms with Crippen molar-refractivity contribution in [2.24, 2.45) is 28.6 Å². The van der Waals surface area contributed by atoms with Gasteiger partial charge in [-0.2, -0.15) is 0 Å². The van der Waals surface area contributed by atoms with Gasteiger partial charge in [0.2, 0.25) is 5.78 Å². The number of fused-ring (bicyclic) bond motifs is 5. The Morgan fingerprint density at radius 1 is 1.14 bits per heavy atom. The fraction of sp³-hybridized carbons (Fsp3) is 0.714. The minimum Gasteiger partial charge on any atom is -0.457 e. The molecule has 4 aliphatic rings. The van der Waals surface area contributed by atoms with Crippen LogP contribution in [-0.4, -0.2) is 51.8 Å². The van der Waals surface area contributed by atoms with Gasteiger partial charge >= 0.3 is 11.9 Å². The molecule has 0 saturated heterocycles. The van der Waals surface area contributed by atoms with Crippen molar-refractivity contribution in [3.63, 3.8) is 0 Å². The van der Waals surface area contributed by atoms with Crippen molar-refractivity contribution in [3.8, 4) is 0 Å². The van der Waals surface area contributed by atoms with Crippen LogP contribution in [-0.2, 0) is 28.7 Å². The third-order valence-electron chi connectivity index (χ3n) is 9.81. The number of Topliss-reactive ketones (excluding diaryl/α,β-unsaturated/α-hetero) is 1. The molecule has 3 fully saturated rings. The standard InChI is InChI=1S/C28H37ClO7/c1-6-23(33)35-15-22(32)28(36-24(34)7-2)16(3)12-20-19-9-8-17-13-18(30)10-11-25(17,4)27(19,29)21(31)14-26(20,28)5/h10-11,13,16,19-21,31H,6-9,12,14-15H2,1-5H3/t16-,19-,20?,21-,25-,26-,27?,28-/m0/s1. The van der Waals surface area contributed by atoms with E-state index >= 15 is 0 Å². The smallest absolute Gasteiger partial charge is 0.306 e. The normalized spacial score (nSPS) is 43.1. The molecule has 198 valence electrons. The summed E-state index contributed by atoms with van der Waals surface area (Å²) in [6.45, 7) is 8.61. The molecule has 0 heterocycles. The number of esters is 2. The maximum Gasteiger partial charge on any atom is 0.306 e. The Balaban J connectivity index is 1.80. The number of carbonyl (C=O) groups is 4. The number of carbonyl (C=O) groups excluding carboxylic acids is 4. The van der Waals surface area contributed by atoms with E-state index in [1.54, 1.807) is 19.9 Å². The van der Waals surface area contributed by atoms with Crippen LogP contribution < -0.4 is 0 Å². The highest BCUT2D eigenvalue weighted by Gasteiger charge is 2.76. The Hall–Kier alpha value is -1.99. The fourth-order valence-electron chi connectivity index (χ4n) is 8.01. The Labute approximate surface area is 217 Å². The monoisotopic (exact) mass is 520 g/mol. The average molecular weight is 521 g/mol. The van der Waals surface area contributed by atoms with E-state index in [0.29, 0.717) is 19.3 Å². The molecule has 0 aromatic rings. The lowest BCUT2D eigenvalue weighted by Crippen LogP contribution is -2.69. The zero-order valence-electron chi connectivity index (χ0n) is 21.8. The second-order valence-electron chi connectivity index (χ2n) is 11.4. The van der Waals surface area contributed by atoms with Crippen LogP contribution in [0.4, 0.5) is 0 Å². The molecular weight excluding hydrogens is 484 g/mol. The van der Waals surface area contributed by atoms with Crippen LogP contribution in [0, 0.1) is 28.6 Å². The summed E-state index contributed by atoms with van der Waals surface area (Å²) in [6.07, 6.45) is 6.18. The van der Waals surface area contributed by atoms with Crippen LogP contribution in [0.2, 0.25) is 0 Å². The van der Waals surface area contributed by atoms with Crippen molar-refractivity contribution < 1.29 is 33.8 Å². The topological polar surface area (TPSA) is 107 Å². The molecule has 0 bridgehead atoms. The van der Waals surface area contributed by atoms with Gasteiger partial charge in [-0.05, 0) is 49.7 Å². The molecule has 0 radical (unpaired) electrons. The Kier molecular flexibility index (Phi) is 6.83. The van der Waals surface area contributed by atoms with E-state index in [9.17, 15) is 24.3 Å². The van der Waals surface area contributed by atoms with Gasteiger partial charge in [-0.15, -0.1) is 11.6 Å². The number of ketones is 2. The lowest BCUT2D eigenvalue weighted by molar-refractivity contribution is -0.203. The first kappa shape index (κ1) is 27.1. The number of aliphatic hydroxyl groups is 1. The highest BCUT2D eigenvalue weighted by Crippen LogP contribution is 2.72. The van der Waals surface area contributed by atoms with Crippen molar-refractivity contribution in [1.29, 1.82) is 0 Å². The average Bonchev–Trinajstić information content (AvgIpc) is 3.05. The minimum absolute atomic E-state index is 0.0801. The summed E-state index contributed by atoms with van der Waals surface area (Å²) in [4.78, 5) is 49.5. The summed E-state index contributed by atoms with van der Waals surface area (Å²) in [7, 11) is 0. The number of ether oxygens (including phenoxy) is 2. The molecule has 4 rings (SSSR count). The number of hydrogen-bond acceptors (Lipinski definition) is 7. The Morgan fingerprint density at radius 3 is 2.44 bits per heavy atom. The summed E-state index contributed by atoms with van der Waals surface area (Å²) in [5.74, 6) is -2.24. The van der Waals surface area contributed by atoms with Gasteiger partial charge in [-0.1, -0.05) is 46.3 Å². The van der Waals surface area contributed by atoms with E-state index in [2.05, 4.69) is 0 Å². The van der Waals surface area contributed by atoms with E-state index in [0.717, 1.165) is 5.57 Å². The van der Waals surface area contributed by atoms with Crippen molar-refractivity contribution in [2.45, 2.75) is 89.7 Å². The highest BCUT2D eigenvalue weighted by atomic mass is 35.5. The maximum atomic E-state index is 13.9. The predicted molar refractivity (Wildman–Crippen MR) is 133 cm³/mol. The second-order valence-corrected chi connectivity index (χ2v) is 12.0. The Morgan fingerprint density at radius 2 is 1.81 bits per heavy atom. The van der Waals surface area contributed by atoms with E-state index in [1.165, 1.54) is 6.08 Å². The molecule has 8 heteroatoms. The molecule has 3 saturated carbocycles. The highest BCUT2D eigenvalue weighted by molar-refractivity contribution is 6.26. The van der Waals surface area contributed by atoms with Crippen LogP contribution in [0.25, 0.3) is 0 Å². The summed E-state index contributed by atoms with van der Waals surface area (Å²) in [6, 6.07) is 0. The molecule has 1 N–H and O–H groups in total. The number of allylic oxidation sites excluding steroid dienone is 4. The van der Waals surface area contributed by atoms with Gasteiger partial charge in [0.25, 0.3) is 0 Å². The lowest BCUT2D eigenvalue weighted by Gasteiger charge is -2.64. The van der Waals surface area contributed by atoms with E-state index in [4.69, 9.17) is 21.1 Å². The van der Waals surface area contributed by atoms with Crippen LogP contribution in [0.3, 0.4) is 0 Å². The van der Waals surface area contributed by atoms with E-state index < -0.39 is 51.7 Å². The molecule has 2 unspecified atom stereocenters. The van der Waals surface area contributed by atoms with Crippen molar-refractivity contribution >= 4 is 35.1 Å². The largest absolute Gasteiger partial charge is 0.457 e. The third kappa shape index (κ3) is 3.48. The van der Waals surface area contributed by atoms with Gasteiger partial charge in [-0.25, -0.2) is 0 Å². The molecule has 7 nitrogen and oxygen atoms in total. The molecular formula is C28H37ClO7. The SMILES string of the molecule is CCC(=O)OCC(=O)[C@@]1(OC(=O)CC)[C@@H](C)CC2[C@@H]3CCC4=CC(=O)C=C[C@]4(C)C3(Cl)[C@@H](O)C[C@@]21C. The quantitative estimate of drug-likeness (QED) is 0.415. The van der Waals surface area contributed by atoms with Gasteiger partial charge in [0.15, 0.2) is 18.0 Å². The zero-order chi connectivity index (χ0) is 26.7. The molecule has 0 amide bonds. The first-order valence-corrected chi connectivity index (χ1v) is 13.4. The van der Waals surface area contributed by atoms with Crippen LogP contribution >= 0.6 is 11.6 Å². The number of rotatable bonds is 6. The number of halogens is 1. The molecule has 0 aromatic carbocycles. The van der Waals surface area contributed by atoms with Gasteiger partial charge < -0.3 is 14.6 Å². The molecule has 0 aliphatic heterocycles. The first-order chi connectivity index (χ1) is 16.8. The second kappa shape index (κ2) is 9.09. The summed E-state index contributed by atoms with van der Waals surface area (Å²) < 4.78 is 11.3. The fourth-order valence-corrected chi connectivity index (χ4v) is 8.53. The van der Waals surface area contributed by atoms with Gasteiger partial charge in [-0.3, -0.25) is 19.2 Å². The van der Waals surface area contributed by atoms with Gasteiger partial charge in [0, 0.05) is 29.6 Å². The third-order valence-corrected chi connectivity index (χ3v) is 10.7. The van der Waals surface area contributed by atoms with Gasteiger partial charge in [0.05, 0.1) is 11.0 Å². The van der Waals surface area contributed by atoms with Crippen LogP contribution in [0.1, 0.15) is 73.1 Å². The Bertz CT molecular complexity index is 1050. The van der Waals surface area contributed by atoms with Crippen molar-refractivity contribution in [3.05, 3.63) is 23.8 Å². The molecule has 8 atom stereocenters. The van der Waals surface area contributed by atoms with Crippen LogP contribution in [0.15, 0.2) is 23.8 Å². The predicted octanol–water partition coefficient (Wildman–Crippen LogP) is 4.09. The molecule has 0 spiro atoms. The summed E-state index contributed by atoms with van der Waals surface area (Å²) in [5.41, 5.74) is -2.27. The minimum atomic E-state index is -1.55. The number of hydrogen-bond donors (Lipinski definition) is 1. The van der Waals surface area contributed by atoms with Crippen LogP contribution in [0.5, 0.6) is 0 Å². The van der Waals surface area contributed by atoms with Gasteiger partial charge in [0.1, 0.15) is 0 Å². The number of alkyl halides is 1. The molecule has 36 heavy (non-hydrogen) atoms. The zero-order valence-corrected chi connectivity index (χ0v) is 22.5. The number of aliphatic hydroxyl groups excluding tert-OH is 1. The maximum absolute atomic E-state index is 13.9. The van der Waals surface area contributed by atoms with Crippen molar-refractivity contribution in [1.82, 2.24) is 0 Å². The van der Waals surface area contributed by atoms with E-state index in [1.807, 2.05) is 26.8 Å². The summed E-state index contributed by atoms with van der Waals surface area (Å²) >= 11 is 7.48. The molecule has 0 aromatic heterocycles.